The predicted molar refractivity (Wildman–Crippen MR) is 80.5 cm³/mol. The molecule has 1 aliphatic rings. The summed E-state index contributed by atoms with van der Waals surface area (Å²) in [4.78, 5) is 0. The average molecular weight is 247 g/mol. The van der Waals surface area contributed by atoms with Crippen LogP contribution in [0.4, 0.5) is 0 Å². The van der Waals surface area contributed by atoms with Gasteiger partial charge in [0.05, 0.1) is 0 Å². The van der Waals surface area contributed by atoms with Crippen molar-refractivity contribution in [3.05, 3.63) is 89.6 Å². The molecule has 0 bridgehead atoms. The minimum absolute atomic E-state index is 0.376. The quantitative estimate of drug-likeness (QED) is 0.849. The fourth-order valence-electron chi connectivity index (χ4n) is 2.56. The van der Waals surface area contributed by atoms with Gasteiger partial charge in [-0.15, -0.1) is 0 Å². The second-order valence-electron chi connectivity index (χ2n) is 4.93. The zero-order valence-corrected chi connectivity index (χ0v) is 10.8. The van der Waals surface area contributed by atoms with Crippen molar-refractivity contribution >= 4 is 5.57 Å². The van der Waals surface area contributed by atoms with E-state index in [0.717, 1.165) is 12.1 Å². The van der Waals surface area contributed by atoms with E-state index in [0.29, 0.717) is 5.92 Å². The van der Waals surface area contributed by atoms with E-state index in [1.165, 1.54) is 16.7 Å². The minimum atomic E-state index is 0.376. The molecule has 1 heteroatoms. The Morgan fingerprint density at radius 1 is 0.842 bits per heavy atom. The number of allylic oxidation sites excluding steroid dienone is 4. The van der Waals surface area contributed by atoms with Crippen LogP contribution >= 0.6 is 0 Å². The summed E-state index contributed by atoms with van der Waals surface area (Å²) >= 11 is 0. The van der Waals surface area contributed by atoms with Crippen molar-refractivity contribution in [3.8, 4) is 0 Å². The van der Waals surface area contributed by atoms with Crippen molar-refractivity contribution in [2.75, 3.05) is 0 Å². The Labute approximate surface area is 114 Å². The smallest absolute Gasteiger partial charge is 0.00958 e. The third-order valence-corrected chi connectivity index (χ3v) is 3.51. The summed E-state index contributed by atoms with van der Waals surface area (Å²) in [6, 6.07) is 21.0. The molecule has 1 aliphatic carbocycles. The van der Waals surface area contributed by atoms with Gasteiger partial charge >= 0.3 is 0 Å². The van der Waals surface area contributed by atoms with Crippen LogP contribution < -0.4 is 5.73 Å². The van der Waals surface area contributed by atoms with Crippen LogP contribution in [-0.2, 0) is 0 Å². The van der Waals surface area contributed by atoms with E-state index in [-0.39, 0.29) is 0 Å². The van der Waals surface area contributed by atoms with Crippen LogP contribution in [0.2, 0.25) is 0 Å². The summed E-state index contributed by atoms with van der Waals surface area (Å²) in [7, 11) is 0. The second-order valence-corrected chi connectivity index (χ2v) is 4.93. The van der Waals surface area contributed by atoms with Crippen LogP contribution in [0.3, 0.4) is 0 Å². The van der Waals surface area contributed by atoms with Crippen molar-refractivity contribution in [2.24, 2.45) is 5.73 Å². The highest BCUT2D eigenvalue weighted by Crippen LogP contribution is 2.32. The van der Waals surface area contributed by atoms with Crippen molar-refractivity contribution in [1.29, 1.82) is 0 Å². The Morgan fingerprint density at radius 3 is 2.16 bits per heavy atom. The molecule has 94 valence electrons. The predicted octanol–water partition coefficient (Wildman–Crippen LogP) is 4.10. The highest BCUT2D eigenvalue weighted by Gasteiger charge is 2.15. The molecule has 2 N–H and O–H groups in total. The number of nitrogens with two attached hydrogens (primary N) is 1. The van der Waals surface area contributed by atoms with Crippen LogP contribution in [0.5, 0.6) is 0 Å². The van der Waals surface area contributed by atoms with Gasteiger partial charge in [0.1, 0.15) is 0 Å². The largest absolute Gasteiger partial charge is 0.402 e. The third-order valence-electron chi connectivity index (χ3n) is 3.51. The molecule has 1 atom stereocenters. The summed E-state index contributed by atoms with van der Waals surface area (Å²) in [5, 5.41) is 0. The maximum atomic E-state index is 6.11. The maximum Gasteiger partial charge on any atom is 0.00958 e. The summed E-state index contributed by atoms with van der Waals surface area (Å²) in [5.41, 5.74) is 10.8. The van der Waals surface area contributed by atoms with Crippen molar-refractivity contribution in [1.82, 2.24) is 0 Å². The first-order valence-corrected chi connectivity index (χ1v) is 6.61. The van der Waals surface area contributed by atoms with E-state index in [9.17, 15) is 0 Å². The summed E-state index contributed by atoms with van der Waals surface area (Å²) in [6.07, 6.45) is 5.32. The van der Waals surface area contributed by atoms with Gasteiger partial charge in [-0.3, -0.25) is 0 Å². The van der Waals surface area contributed by atoms with Crippen LogP contribution in [-0.4, -0.2) is 0 Å². The maximum absolute atomic E-state index is 6.11. The van der Waals surface area contributed by atoms with E-state index in [4.69, 9.17) is 5.73 Å². The zero-order chi connectivity index (χ0) is 13.1. The van der Waals surface area contributed by atoms with Gasteiger partial charge in [-0.05, 0) is 29.2 Å². The van der Waals surface area contributed by atoms with Gasteiger partial charge in [0.25, 0.3) is 0 Å². The highest BCUT2D eigenvalue weighted by atomic mass is 14.6. The molecular weight excluding hydrogens is 230 g/mol. The van der Waals surface area contributed by atoms with Crippen LogP contribution in [0.1, 0.15) is 23.5 Å². The van der Waals surface area contributed by atoms with Crippen LogP contribution in [0, 0.1) is 0 Å². The highest BCUT2D eigenvalue weighted by molar-refractivity contribution is 5.76. The van der Waals surface area contributed by atoms with Crippen molar-refractivity contribution in [2.45, 2.75) is 12.3 Å². The van der Waals surface area contributed by atoms with Gasteiger partial charge in [0.15, 0.2) is 0 Å². The molecular formula is C18H17N. The summed E-state index contributed by atoms with van der Waals surface area (Å²) < 4.78 is 0. The van der Waals surface area contributed by atoms with E-state index >= 15 is 0 Å². The lowest BCUT2D eigenvalue weighted by molar-refractivity contribution is 0.808. The molecule has 0 spiro atoms. The number of rotatable bonds is 2. The number of benzene rings is 2. The molecule has 1 nitrogen and oxygen atoms in total. The first kappa shape index (κ1) is 11.8. The van der Waals surface area contributed by atoms with Crippen molar-refractivity contribution in [3.63, 3.8) is 0 Å². The van der Waals surface area contributed by atoms with Crippen molar-refractivity contribution < 1.29 is 0 Å². The Bertz CT molecular complexity index is 609. The van der Waals surface area contributed by atoms with Gasteiger partial charge in [-0.2, -0.15) is 0 Å². The van der Waals surface area contributed by atoms with Gasteiger partial charge < -0.3 is 5.73 Å². The molecule has 0 fully saturated rings. The SMILES string of the molecule is NC1=CC(c2ccccc2)=CC(c2ccccc2)C1. The molecule has 0 heterocycles. The monoisotopic (exact) mass is 247 g/mol. The van der Waals surface area contributed by atoms with E-state index in [1.807, 2.05) is 12.1 Å². The Morgan fingerprint density at radius 2 is 1.47 bits per heavy atom. The van der Waals surface area contributed by atoms with Gasteiger partial charge in [-0.25, -0.2) is 0 Å². The molecule has 0 saturated carbocycles. The first-order valence-electron chi connectivity index (χ1n) is 6.61. The number of hydrogen-bond acceptors (Lipinski definition) is 1. The fraction of sp³-hybridized carbons (Fsp3) is 0.111. The average Bonchev–Trinajstić information content (AvgIpc) is 2.48. The molecule has 0 aromatic heterocycles. The van der Waals surface area contributed by atoms with E-state index in [2.05, 4.69) is 60.7 Å². The molecule has 0 radical (unpaired) electrons. The Balaban J connectivity index is 1.98. The molecule has 0 amide bonds. The lowest BCUT2D eigenvalue weighted by Gasteiger charge is -2.20. The first-order chi connectivity index (χ1) is 9.33. The van der Waals surface area contributed by atoms with Gasteiger partial charge in [-0.1, -0.05) is 66.7 Å². The Kier molecular flexibility index (Phi) is 3.20. The van der Waals surface area contributed by atoms with Gasteiger partial charge in [0, 0.05) is 11.6 Å². The van der Waals surface area contributed by atoms with Gasteiger partial charge in [0.2, 0.25) is 0 Å². The Hall–Kier alpha value is -2.28. The van der Waals surface area contributed by atoms with E-state index < -0.39 is 0 Å². The third kappa shape index (κ3) is 2.60. The second kappa shape index (κ2) is 5.15. The minimum Gasteiger partial charge on any atom is -0.402 e. The lowest BCUT2D eigenvalue weighted by atomic mass is 9.86. The number of hydrogen-bond donors (Lipinski definition) is 1. The molecule has 2 aromatic carbocycles. The molecule has 0 saturated heterocycles. The lowest BCUT2D eigenvalue weighted by Crippen LogP contribution is -2.09. The van der Waals surface area contributed by atoms with Crippen LogP contribution in [0.25, 0.3) is 5.57 Å². The summed E-state index contributed by atoms with van der Waals surface area (Å²) in [6.45, 7) is 0. The molecule has 1 unspecified atom stereocenters. The standard InChI is InChI=1S/C18H17N/c19-18-12-16(14-7-3-1-4-8-14)11-17(13-18)15-9-5-2-6-10-15/h1-12,17H,13,19H2. The summed E-state index contributed by atoms with van der Waals surface area (Å²) in [5.74, 6) is 0.376. The molecule has 0 aliphatic heterocycles. The molecule has 3 rings (SSSR count). The fourth-order valence-corrected chi connectivity index (χ4v) is 2.56. The van der Waals surface area contributed by atoms with Crippen LogP contribution in [0.15, 0.2) is 78.5 Å². The molecule has 2 aromatic rings. The van der Waals surface area contributed by atoms with E-state index in [1.54, 1.807) is 0 Å². The molecule has 19 heavy (non-hydrogen) atoms. The zero-order valence-electron chi connectivity index (χ0n) is 10.8. The normalized spacial score (nSPS) is 18.6. The topological polar surface area (TPSA) is 26.0 Å².